The average molecular weight is 653 g/mol. The fraction of sp³-hybridized carbons (Fsp3) is 0.294. The number of carbonyl (C=O) groups is 2. The lowest BCUT2D eigenvalue weighted by Gasteiger charge is -2.31. The Balaban J connectivity index is 1.52. The molecule has 0 spiro atoms. The Hall–Kier alpha value is -5.04. The predicted molar refractivity (Wildman–Crippen MR) is 164 cm³/mol. The van der Waals surface area contributed by atoms with E-state index >= 15 is 0 Å². The summed E-state index contributed by atoms with van der Waals surface area (Å²) in [5, 5.41) is 13.4. The predicted octanol–water partition coefficient (Wildman–Crippen LogP) is 5.41. The summed E-state index contributed by atoms with van der Waals surface area (Å²) in [5.74, 6) is -2.09. The second-order valence-electron chi connectivity index (χ2n) is 11.2. The fourth-order valence-electron chi connectivity index (χ4n) is 4.94. The number of pyridine rings is 2. The second kappa shape index (κ2) is 13.4. The van der Waals surface area contributed by atoms with Crippen LogP contribution in [0, 0.1) is 12.7 Å². The van der Waals surface area contributed by atoms with E-state index in [0.717, 1.165) is 42.2 Å². The lowest BCUT2D eigenvalue weighted by atomic mass is 9.93. The first-order chi connectivity index (χ1) is 22.3. The molecule has 2 aromatic heterocycles. The molecule has 4 aromatic rings. The number of aliphatic hydroxyl groups is 1. The average Bonchev–Trinajstić information content (AvgIpc) is 3.84. The number of hydrogen-bond donors (Lipinski definition) is 3. The van der Waals surface area contributed by atoms with Crippen LogP contribution in [0.15, 0.2) is 67.0 Å². The third-order valence-electron chi connectivity index (χ3n) is 7.47. The number of ether oxygens (including phenoxy) is 2. The van der Waals surface area contributed by atoms with Crippen molar-refractivity contribution in [3.8, 4) is 33.9 Å². The van der Waals surface area contributed by atoms with Crippen LogP contribution in [0.2, 0.25) is 0 Å². The number of amides is 2. The number of nitrogens with one attached hydrogen (secondary N) is 1. The number of benzene rings is 2. The molecule has 0 unspecified atom stereocenters. The quantitative estimate of drug-likeness (QED) is 0.174. The van der Waals surface area contributed by atoms with Gasteiger partial charge in [-0.3, -0.25) is 14.6 Å². The molecule has 1 aliphatic rings. The standard InChI is InChI=1S/C34H32F4N4O5/c1-3-46-31-22(15-29(39)43)14-28(42-30(31)20-4-7-24(35)8-5-20)33(45,34(36,37)38)18-41-32(44)21-6-11-26(23-12-19(2)16-40-17-23)27(13-21)47-25-9-10-25/h4-8,11-14,16-17,25,45H,3,9-10,15,18H2,1-2H3,(H2,39,43)(H,41,44)/t33-/m0/s1. The molecule has 1 saturated carbocycles. The summed E-state index contributed by atoms with van der Waals surface area (Å²) in [6.45, 7) is 2.20. The molecule has 47 heavy (non-hydrogen) atoms. The highest BCUT2D eigenvalue weighted by atomic mass is 19.4. The van der Waals surface area contributed by atoms with Gasteiger partial charge >= 0.3 is 6.18 Å². The first-order valence-corrected chi connectivity index (χ1v) is 14.8. The molecule has 2 aromatic carbocycles. The minimum absolute atomic E-state index is 0.00407. The van der Waals surface area contributed by atoms with Gasteiger partial charge in [-0.1, -0.05) is 0 Å². The molecule has 1 aliphatic carbocycles. The second-order valence-corrected chi connectivity index (χ2v) is 11.2. The van der Waals surface area contributed by atoms with Crippen LogP contribution in [0.3, 0.4) is 0 Å². The van der Waals surface area contributed by atoms with Crippen LogP contribution in [-0.4, -0.2) is 52.3 Å². The molecule has 246 valence electrons. The maximum Gasteiger partial charge on any atom is 0.424 e. The molecular formula is C34H32F4N4O5. The normalized spacial score (nSPS) is 14.3. The maximum atomic E-state index is 14.7. The molecule has 2 heterocycles. The van der Waals surface area contributed by atoms with E-state index in [4.69, 9.17) is 15.2 Å². The van der Waals surface area contributed by atoms with Gasteiger partial charge in [0.25, 0.3) is 5.91 Å². The summed E-state index contributed by atoms with van der Waals surface area (Å²) in [5.41, 5.74) is 2.92. The molecule has 5 rings (SSSR count). The number of aryl methyl sites for hydroxylation is 1. The highest BCUT2D eigenvalue weighted by Crippen LogP contribution is 2.42. The minimum Gasteiger partial charge on any atom is -0.491 e. The van der Waals surface area contributed by atoms with E-state index in [1.165, 1.54) is 24.3 Å². The van der Waals surface area contributed by atoms with Gasteiger partial charge in [0.15, 0.2) is 0 Å². The van der Waals surface area contributed by atoms with Crippen LogP contribution in [-0.2, 0) is 16.8 Å². The van der Waals surface area contributed by atoms with Crippen LogP contribution < -0.4 is 20.5 Å². The molecule has 13 heteroatoms. The highest BCUT2D eigenvalue weighted by Gasteiger charge is 2.56. The Labute approximate surface area is 267 Å². The number of primary amides is 1. The lowest BCUT2D eigenvalue weighted by molar-refractivity contribution is -0.265. The smallest absolute Gasteiger partial charge is 0.424 e. The molecule has 2 amide bonds. The summed E-state index contributed by atoms with van der Waals surface area (Å²) < 4.78 is 69.5. The molecule has 4 N–H and O–H groups in total. The third kappa shape index (κ3) is 7.51. The van der Waals surface area contributed by atoms with Crippen molar-refractivity contribution in [1.82, 2.24) is 15.3 Å². The van der Waals surface area contributed by atoms with Crippen molar-refractivity contribution in [2.24, 2.45) is 5.73 Å². The van der Waals surface area contributed by atoms with Crippen molar-refractivity contribution in [1.29, 1.82) is 0 Å². The molecular weight excluding hydrogens is 620 g/mol. The maximum absolute atomic E-state index is 14.7. The van der Waals surface area contributed by atoms with Gasteiger partial charge in [-0.25, -0.2) is 9.37 Å². The molecule has 1 atom stereocenters. The Morgan fingerprint density at radius 1 is 1.04 bits per heavy atom. The molecule has 0 bridgehead atoms. The fourth-order valence-corrected chi connectivity index (χ4v) is 4.94. The third-order valence-corrected chi connectivity index (χ3v) is 7.47. The number of carbonyl (C=O) groups excluding carboxylic acids is 2. The molecule has 9 nitrogen and oxygen atoms in total. The SMILES string of the molecule is CCOc1c(CC(N)=O)cc([C@@](O)(CNC(=O)c2ccc(-c3cncc(C)c3)c(OC3CC3)c2)C(F)(F)F)nc1-c1ccc(F)cc1. The summed E-state index contributed by atoms with van der Waals surface area (Å²) in [4.78, 5) is 33.5. The van der Waals surface area contributed by atoms with Gasteiger partial charge in [-0.05, 0) is 86.8 Å². The molecule has 0 aliphatic heterocycles. The topological polar surface area (TPSA) is 137 Å². The van der Waals surface area contributed by atoms with E-state index in [9.17, 15) is 32.3 Å². The van der Waals surface area contributed by atoms with Crippen LogP contribution in [0.5, 0.6) is 11.5 Å². The first kappa shape index (κ1) is 33.3. The van der Waals surface area contributed by atoms with Gasteiger partial charge in [-0.15, -0.1) is 0 Å². The number of nitrogens with zero attached hydrogens (tertiary/aromatic N) is 2. The van der Waals surface area contributed by atoms with Crippen molar-refractivity contribution < 1.29 is 41.7 Å². The van der Waals surface area contributed by atoms with Crippen molar-refractivity contribution in [2.75, 3.05) is 13.2 Å². The van der Waals surface area contributed by atoms with Crippen molar-refractivity contribution in [2.45, 2.75) is 51.0 Å². The largest absolute Gasteiger partial charge is 0.491 e. The number of nitrogens with two attached hydrogens (primary N) is 1. The van der Waals surface area contributed by atoms with Crippen molar-refractivity contribution in [3.63, 3.8) is 0 Å². The van der Waals surface area contributed by atoms with E-state index in [-0.39, 0.29) is 40.8 Å². The zero-order valence-corrected chi connectivity index (χ0v) is 25.5. The number of hydrogen-bond acceptors (Lipinski definition) is 7. The van der Waals surface area contributed by atoms with E-state index in [0.29, 0.717) is 11.3 Å². The van der Waals surface area contributed by atoms with Crippen LogP contribution in [0.1, 0.15) is 46.9 Å². The summed E-state index contributed by atoms with van der Waals surface area (Å²) in [7, 11) is 0. The zero-order chi connectivity index (χ0) is 33.9. The van der Waals surface area contributed by atoms with E-state index in [2.05, 4.69) is 15.3 Å². The van der Waals surface area contributed by atoms with Crippen LogP contribution in [0.25, 0.3) is 22.4 Å². The van der Waals surface area contributed by atoms with Crippen molar-refractivity contribution in [3.05, 3.63) is 95.2 Å². The van der Waals surface area contributed by atoms with Crippen LogP contribution in [0.4, 0.5) is 17.6 Å². The molecule has 0 radical (unpaired) electrons. The summed E-state index contributed by atoms with van der Waals surface area (Å²) in [6.07, 6.45) is -0.968. The van der Waals surface area contributed by atoms with Gasteiger partial charge in [0, 0.05) is 40.2 Å². The number of halogens is 4. The minimum atomic E-state index is -5.35. The molecule has 1 fully saturated rings. The molecule has 0 saturated heterocycles. The van der Waals surface area contributed by atoms with Crippen LogP contribution >= 0.6 is 0 Å². The van der Waals surface area contributed by atoms with Gasteiger partial charge in [0.2, 0.25) is 11.5 Å². The van der Waals surface area contributed by atoms with E-state index in [1.54, 1.807) is 25.4 Å². The first-order valence-electron chi connectivity index (χ1n) is 14.8. The van der Waals surface area contributed by atoms with Crippen molar-refractivity contribution >= 4 is 11.8 Å². The van der Waals surface area contributed by atoms with E-state index < -0.39 is 48.1 Å². The number of alkyl halides is 3. The Bertz CT molecular complexity index is 1790. The monoisotopic (exact) mass is 652 g/mol. The number of rotatable bonds is 12. The highest BCUT2D eigenvalue weighted by molar-refractivity contribution is 5.95. The lowest BCUT2D eigenvalue weighted by Crippen LogP contribution is -2.51. The van der Waals surface area contributed by atoms with Gasteiger partial charge in [0.1, 0.15) is 23.0 Å². The number of aromatic nitrogens is 2. The zero-order valence-electron chi connectivity index (χ0n) is 25.5. The Morgan fingerprint density at radius 2 is 1.77 bits per heavy atom. The van der Waals surface area contributed by atoms with Gasteiger partial charge < -0.3 is 25.6 Å². The van der Waals surface area contributed by atoms with Gasteiger partial charge in [0.05, 0.1) is 31.4 Å². The van der Waals surface area contributed by atoms with E-state index in [1.807, 2.05) is 13.0 Å². The Morgan fingerprint density at radius 3 is 2.38 bits per heavy atom. The van der Waals surface area contributed by atoms with Gasteiger partial charge in [-0.2, -0.15) is 13.2 Å². The Kier molecular flexibility index (Phi) is 9.48. The summed E-state index contributed by atoms with van der Waals surface area (Å²) >= 11 is 0. The summed E-state index contributed by atoms with van der Waals surface area (Å²) in [6, 6.07) is 11.9.